The maximum absolute atomic E-state index is 15.8. The van der Waals surface area contributed by atoms with Gasteiger partial charge in [0.25, 0.3) is 5.91 Å². The van der Waals surface area contributed by atoms with Crippen LogP contribution in [0.15, 0.2) is 54.7 Å². The Labute approximate surface area is 247 Å². The molecule has 4 heterocycles. The van der Waals surface area contributed by atoms with Crippen LogP contribution in [0.5, 0.6) is 11.5 Å². The number of anilines is 1. The Morgan fingerprint density at radius 1 is 1.19 bits per heavy atom. The van der Waals surface area contributed by atoms with Gasteiger partial charge in [-0.2, -0.15) is 5.10 Å². The van der Waals surface area contributed by atoms with Crippen LogP contribution in [0.2, 0.25) is 5.02 Å². The number of benzene rings is 2. The van der Waals surface area contributed by atoms with Gasteiger partial charge >= 0.3 is 0 Å². The molecule has 1 amide bonds. The van der Waals surface area contributed by atoms with Gasteiger partial charge in [-0.3, -0.25) is 14.8 Å². The van der Waals surface area contributed by atoms with E-state index in [1.54, 1.807) is 32.5 Å². The highest BCUT2D eigenvalue weighted by molar-refractivity contribution is 6.35. The molecule has 218 valence electrons. The molecular weight excluding hydrogens is 561 g/mol. The lowest BCUT2D eigenvalue weighted by molar-refractivity contribution is 0.0937. The van der Waals surface area contributed by atoms with E-state index >= 15 is 4.39 Å². The molecule has 2 aromatic heterocycles. The molecule has 4 N–H and O–H groups in total. The van der Waals surface area contributed by atoms with Crippen LogP contribution in [0, 0.1) is 5.82 Å². The number of hydrogen-bond donors (Lipinski definition) is 4. The molecule has 1 atom stereocenters. The summed E-state index contributed by atoms with van der Waals surface area (Å²) in [4.78, 5) is 17.4. The molecule has 0 saturated carbocycles. The summed E-state index contributed by atoms with van der Waals surface area (Å²) in [6.45, 7) is 2.56. The Kier molecular flexibility index (Phi) is 7.96. The van der Waals surface area contributed by atoms with Gasteiger partial charge in [0, 0.05) is 48.9 Å². The SMILES string of the molecule is COc1ccc(CNc2ncc(Cl)c3c2c(-c2ccc(C(=O)NC4C=CCCN4)cc2F)nn3C2CNC2)c(OC)c1. The highest BCUT2D eigenvalue weighted by Gasteiger charge is 2.28. The summed E-state index contributed by atoms with van der Waals surface area (Å²) in [5.41, 5.74) is 2.38. The van der Waals surface area contributed by atoms with E-state index in [-0.39, 0.29) is 29.2 Å². The summed E-state index contributed by atoms with van der Waals surface area (Å²) in [6.07, 6.45) is 6.06. The molecule has 2 aromatic carbocycles. The predicted molar refractivity (Wildman–Crippen MR) is 160 cm³/mol. The first-order valence-electron chi connectivity index (χ1n) is 13.7. The fourth-order valence-corrected chi connectivity index (χ4v) is 5.37. The topological polar surface area (TPSA) is 114 Å². The van der Waals surface area contributed by atoms with E-state index in [4.69, 9.17) is 26.2 Å². The zero-order valence-corrected chi connectivity index (χ0v) is 24.0. The Morgan fingerprint density at radius 2 is 2.05 bits per heavy atom. The van der Waals surface area contributed by atoms with Crippen molar-refractivity contribution >= 4 is 34.2 Å². The number of nitrogens with one attached hydrogen (secondary N) is 4. The zero-order valence-electron chi connectivity index (χ0n) is 23.2. The molecule has 12 heteroatoms. The molecule has 2 aliphatic rings. The number of fused-ring (bicyclic) bond motifs is 1. The number of ether oxygens (including phenoxy) is 2. The Morgan fingerprint density at radius 3 is 2.74 bits per heavy atom. The summed E-state index contributed by atoms with van der Waals surface area (Å²) in [5, 5.41) is 18.5. The molecule has 1 unspecified atom stereocenters. The highest BCUT2D eigenvalue weighted by atomic mass is 35.5. The molecule has 42 heavy (non-hydrogen) atoms. The molecule has 0 aliphatic carbocycles. The zero-order chi connectivity index (χ0) is 29.2. The molecule has 1 fully saturated rings. The summed E-state index contributed by atoms with van der Waals surface area (Å²) in [6, 6.07) is 10.0. The van der Waals surface area contributed by atoms with E-state index in [0.29, 0.717) is 58.6 Å². The van der Waals surface area contributed by atoms with E-state index in [9.17, 15) is 4.79 Å². The van der Waals surface area contributed by atoms with Crippen LogP contribution in [-0.2, 0) is 6.54 Å². The minimum Gasteiger partial charge on any atom is -0.497 e. The number of rotatable bonds is 9. The average Bonchev–Trinajstić information content (AvgIpc) is 3.36. The van der Waals surface area contributed by atoms with Gasteiger partial charge in [0.05, 0.1) is 48.5 Å². The van der Waals surface area contributed by atoms with Gasteiger partial charge in [-0.1, -0.05) is 23.8 Å². The number of nitrogens with zero attached hydrogens (tertiary/aromatic N) is 3. The number of halogens is 2. The second-order valence-corrected chi connectivity index (χ2v) is 10.5. The van der Waals surface area contributed by atoms with Crippen LogP contribution in [-0.4, -0.2) is 60.7 Å². The minimum atomic E-state index is -0.573. The van der Waals surface area contributed by atoms with Gasteiger partial charge < -0.3 is 25.4 Å². The normalized spacial score (nSPS) is 16.7. The van der Waals surface area contributed by atoms with E-state index in [0.717, 1.165) is 18.5 Å². The molecule has 0 radical (unpaired) electrons. The largest absolute Gasteiger partial charge is 0.497 e. The third-order valence-corrected chi connectivity index (χ3v) is 7.78. The minimum absolute atomic E-state index is 0.0554. The van der Waals surface area contributed by atoms with Gasteiger partial charge in [-0.15, -0.1) is 0 Å². The van der Waals surface area contributed by atoms with Crippen LogP contribution in [0.4, 0.5) is 10.2 Å². The highest BCUT2D eigenvalue weighted by Crippen LogP contribution is 2.39. The third-order valence-electron chi connectivity index (χ3n) is 7.50. The van der Waals surface area contributed by atoms with Crippen molar-refractivity contribution in [3.63, 3.8) is 0 Å². The van der Waals surface area contributed by atoms with Gasteiger partial charge in [-0.05, 0) is 36.8 Å². The Hall–Kier alpha value is -4.19. The summed E-state index contributed by atoms with van der Waals surface area (Å²) < 4.78 is 28.5. The Balaban J connectivity index is 1.38. The molecule has 0 spiro atoms. The van der Waals surface area contributed by atoms with E-state index < -0.39 is 5.82 Å². The van der Waals surface area contributed by atoms with Crippen molar-refractivity contribution in [2.75, 3.05) is 39.2 Å². The maximum atomic E-state index is 15.8. The average molecular weight is 592 g/mol. The number of hydrogen-bond acceptors (Lipinski definition) is 8. The summed E-state index contributed by atoms with van der Waals surface area (Å²) in [5.74, 6) is 0.885. The van der Waals surface area contributed by atoms with Crippen LogP contribution < -0.4 is 30.7 Å². The molecular formula is C30H31ClFN7O3. The first-order valence-corrected chi connectivity index (χ1v) is 14.1. The number of amides is 1. The number of pyridine rings is 1. The lowest BCUT2D eigenvalue weighted by atomic mass is 10.0. The van der Waals surface area contributed by atoms with Crippen molar-refractivity contribution in [1.29, 1.82) is 0 Å². The molecule has 6 rings (SSSR count). The lowest BCUT2D eigenvalue weighted by Gasteiger charge is -2.28. The monoisotopic (exact) mass is 591 g/mol. The van der Waals surface area contributed by atoms with Crippen molar-refractivity contribution < 1.29 is 18.7 Å². The van der Waals surface area contributed by atoms with Crippen LogP contribution in [0.25, 0.3) is 22.2 Å². The lowest BCUT2D eigenvalue weighted by Crippen LogP contribution is -2.45. The fourth-order valence-electron chi connectivity index (χ4n) is 5.14. The smallest absolute Gasteiger partial charge is 0.252 e. The maximum Gasteiger partial charge on any atom is 0.252 e. The van der Waals surface area contributed by atoms with Crippen molar-refractivity contribution in [2.24, 2.45) is 0 Å². The first-order chi connectivity index (χ1) is 20.5. The summed E-state index contributed by atoms with van der Waals surface area (Å²) >= 11 is 6.69. The second-order valence-electron chi connectivity index (χ2n) is 10.1. The van der Waals surface area contributed by atoms with Crippen molar-refractivity contribution in [2.45, 2.75) is 25.2 Å². The van der Waals surface area contributed by atoms with E-state index in [1.165, 1.54) is 6.07 Å². The molecule has 4 aromatic rings. The number of carbonyl (C=O) groups is 1. The van der Waals surface area contributed by atoms with Crippen LogP contribution in [0.3, 0.4) is 0 Å². The number of methoxy groups -OCH3 is 2. The fraction of sp³-hybridized carbons (Fsp3) is 0.300. The van der Waals surface area contributed by atoms with Gasteiger partial charge in [0.2, 0.25) is 0 Å². The second kappa shape index (κ2) is 12.0. The van der Waals surface area contributed by atoms with Crippen molar-refractivity contribution in [1.82, 2.24) is 30.7 Å². The molecule has 1 saturated heterocycles. The molecule has 2 aliphatic heterocycles. The van der Waals surface area contributed by atoms with Crippen molar-refractivity contribution in [3.8, 4) is 22.8 Å². The standard InChI is InChI=1S/C30H31ClFN7O3/c1-41-20-8-6-18(24(12-20)42-2)13-35-29-26-27(38-39(19-14-33-15-19)28(26)22(31)16-36-29)21-9-7-17(11-23(21)32)30(40)37-25-5-3-4-10-34-25/h3,5-9,11-12,16,19,25,33-34H,4,10,13-15H2,1-2H3,(H,35,36)(H,37,40). The first kappa shape index (κ1) is 28.0. The Bertz CT molecular complexity index is 1670. The molecule has 10 nitrogen and oxygen atoms in total. The van der Waals surface area contributed by atoms with E-state index in [1.807, 2.05) is 35.0 Å². The van der Waals surface area contributed by atoms with Gasteiger partial charge in [-0.25, -0.2) is 9.37 Å². The van der Waals surface area contributed by atoms with E-state index in [2.05, 4.69) is 26.3 Å². The van der Waals surface area contributed by atoms with Crippen molar-refractivity contribution in [3.05, 3.63) is 76.7 Å². The molecule has 0 bridgehead atoms. The quantitative estimate of drug-likeness (QED) is 0.213. The predicted octanol–water partition coefficient (Wildman–Crippen LogP) is 4.27. The van der Waals surface area contributed by atoms with Crippen LogP contribution in [0.1, 0.15) is 28.4 Å². The van der Waals surface area contributed by atoms with Gasteiger partial charge in [0.15, 0.2) is 0 Å². The number of aromatic nitrogens is 3. The van der Waals surface area contributed by atoms with Crippen LogP contribution >= 0.6 is 11.6 Å². The van der Waals surface area contributed by atoms with Gasteiger partial charge in [0.1, 0.15) is 28.8 Å². The number of carbonyl (C=O) groups excluding carboxylic acids is 1. The summed E-state index contributed by atoms with van der Waals surface area (Å²) in [7, 11) is 3.20. The third kappa shape index (κ3) is 5.38.